The number of nitrogen functional groups attached to an aromatic ring is 1. The van der Waals surface area contributed by atoms with Crippen molar-refractivity contribution in [2.45, 2.75) is 18.6 Å². The van der Waals surface area contributed by atoms with Crippen molar-refractivity contribution in [1.82, 2.24) is 30.0 Å². The normalized spacial score (nSPS) is 15.9. The fourth-order valence-electron chi connectivity index (χ4n) is 4.43. The smallest absolute Gasteiger partial charge is 0.383 e. The summed E-state index contributed by atoms with van der Waals surface area (Å²) in [7, 11) is 1.77. The number of pyridine rings is 1. The minimum absolute atomic E-state index is 0.0156. The molecule has 2 amide bonds. The van der Waals surface area contributed by atoms with E-state index in [2.05, 4.69) is 20.4 Å². The van der Waals surface area contributed by atoms with Gasteiger partial charge in [0.15, 0.2) is 0 Å². The van der Waals surface area contributed by atoms with Crippen molar-refractivity contribution in [2.24, 2.45) is 7.05 Å². The first kappa shape index (κ1) is 24.6. The molecule has 1 fully saturated rings. The van der Waals surface area contributed by atoms with Crippen molar-refractivity contribution in [3.8, 4) is 11.1 Å². The van der Waals surface area contributed by atoms with Gasteiger partial charge in [-0.2, -0.15) is 18.3 Å². The van der Waals surface area contributed by atoms with Crippen molar-refractivity contribution in [1.29, 1.82) is 0 Å². The summed E-state index contributed by atoms with van der Waals surface area (Å²) in [6.07, 6.45) is 0.839. The molecule has 0 bridgehead atoms. The number of H-pyrrole nitrogens is 1. The number of aromatic amines is 1. The number of nitrogens with zero attached hydrogens (tertiary/aromatic N) is 4. The Labute approximate surface area is 213 Å². The van der Waals surface area contributed by atoms with Crippen LogP contribution in [0.15, 0.2) is 42.9 Å². The van der Waals surface area contributed by atoms with E-state index in [1.807, 2.05) is 0 Å². The Bertz CT molecular complexity index is 1530. The zero-order valence-electron chi connectivity index (χ0n) is 19.4. The van der Waals surface area contributed by atoms with Crippen LogP contribution in [0.25, 0.3) is 22.0 Å². The lowest BCUT2D eigenvalue weighted by molar-refractivity contribution is -0.136. The van der Waals surface area contributed by atoms with Crippen LogP contribution in [0.5, 0.6) is 0 Å². The Kier molecular flexibility index (Phi) is 6.06. The fourth-order valence-corrected chi connectivity index (χ4v) is 4.64. The van der Waals surface area contributed by atoms with Crippen molar-refractivity contribution in [3.05, 3.63) is 64.7 Å². The molecule has 1 saturated heterocycles. The minimum atomic E-state index is -4.60. The van der Waals surface area contributed by atoms with Gasteiger partial charge in [0, 0.05) is 55.1 Å². The number of carbonyl (C=O) groups excluding carboxylic acids is 2. The van der Waals surface area contributed by atoms with E-state index in [0.717, 1.165) is 23.8 Å². The molecule has 1 atom stereocenters. The number of halogens is 4. The van der Waals surface area contributed by atoms with Gasteiger partial charge in [0.2, 0.25) is 0 Å². The van der Waals surface area contributed by atoms with Crippen LogP contribution in [0, 0.1) is 0 Å². The maximum atomic E-state index is 13.4. The van der Waals surface area contributed by atoms with Gasteiger partial charge < -0.3 is 20.9 Å². The highest BCUT2D eigenvalue weighted by molar-refractivity contribution is 6.35. The third-order valence-electron chi connectivity index (χ3n) is 6.29. The van der Waals surface area contributed by atoms with Gasteiger partial charge in [0.25, 0.3) is 11.8 Å². The van der Waals surface area contributed by atoms with Crippen molar-refractivity contribution in [3.63, 3.8) is 0 Å². The van der Waals surface area contributed by atoms with E-state index in [0.29, 0.717) is 18.5 Å². The summed E-state index contributed by atoms with van der Waals surface area (Å²) < 4.78 is 41.9. The van der Waals surface area contributed by atoms with Crippen LogP contribution in [0.2, 0.25) is 5.02 Å². The molecule has 0 spiro atoms. The number of hydrogen-bond donors (Lipinski definition) is 3. The lowest BCUT2D eigenvalue weighted by Crippen LogP contribution is -2.38. The van der Waals surface area contributed by atoms with E-state index in [9.17, 15) is 22.8 Å². The predicted octanol–water partition coefficient (Wildman–Crippen LogP) is 3.86. The van der Waals surface area contributed by atoms with Gasteiger partial charge in [-0.3, -0.25) is 14.3 Å². The largest absolute Gasteiger partial charge is 0.417 e. The number of carbonyl (C=O) groups is 2. The molecule has 9 nitrogen and oxygen atoms in total. The highest BCUT2D eigenvalue weighted by Gasteiger charge is 2.35. The van der Waals surface area contributed by atoms with Crippen LogP contribution >= 0.6 is 11.6 Å². The Morgan fingerprint density at radius 3 is 2.70 bits per heavy atom. The number of nitrogens with one attached hydrogen (secondary N) is 2. The van der Waals surface area contributed by atoms with Gasteiger partial charge in [0.1, 0.15) is 11.5 Å². The number of hydrogen-bond acceptors (Lipinski definition) is 5. The number of anilines is 1. The van der Waals surface area contributed by atoms with E-state index in [-0.39, 0.29) is 45.6 Å². The summed E-state index contributed by atoms with van der Waals surface area (Å²) in [4.78, 5) is 34.3. The Balaban J connectivity index is 1.30. The lowest BCUT2D eigenvalue weighted by atomic mass is 10.1. The molecule has 0 unspecified atom stereocenters. The highest BCUT2D eigenvalue weighted by Crippen LogP contribution is 2.38. The van der Waals surface area contributed by atoms with Crippen molar-refractivity contribution in [2.75, 3.05) is 18.8 Å². The number of aryl methyl sites for hydroxylation is 1. The Morgan fingerprint density at radius 1 is 1.22 bits per heavy atom. The number of likely N-dealkylation sites (tertiary alicyclic amines) is 1. The monoisotopic (exact) mass is 531 g/mol. The number of aromatic nitrogens is 4. The topological polar surface area (TPSA) is 122 Å². The number of alkyl halides is 3. The van der Waals surface area contributed by atoms with Gasteiger partial charge in [-0.15, -0.1) is 0 Å². The van der Waals surface area contributed by atoms with Crippen LogP contribution in [0.4, 0.5) is 19.0 Å². The molecule has 3 aromatic heterocycles. The second kappa shape index (κ2) is 9.11. The maximum Gasteiger partial charge on any atom is 0.417 e. The van der Waals surface area contributed by atoms with Gasteiger partial charge in [-0.25, -0.2) is 4.98 Å². The molecule has 13 heteroatoms. The molecular formula is C24H21ClF3N7O2. The molecule has 0 aliphatic carbocycles. The molecule has 1 aliphatic heterocycles. The predicted molar refractivity (Wildman–Crippen MR) is 131 cm³/mol. The van der Waals surface area contributed by atoms with E-state index >= 15 is 0 Å². The van der Waals surface area contributed by atoms with Gasteiger partial charge in [-0.1, -0.05) is 11.6 Å². The number of fused-ring (bicyclic) bond motifs is 1. The average Bonchev–Trinajstić information content (AvgIpc) is 3.58. The van der Waals surface area contributed by atoms with Crippen molar-refractivity contribution >= 4 is 40.1 Å². The summed E-state index contributed by atoms with van der Waals surface area (Å²) in [5.41, 5.74) is 6.72. The third-order valence-corrected chi connectivity index (χ3v) is 6.61. The van der Waals surface area contributed by atoms with E-state index in [4.69, 9.17) is 17.3 Å². The Morgan fingerprint density at radius 2 is 2.00 bits per heavy atom. The van der Waals surface area contributed by atoms with Gasteiger partial charge in [-0.05, 0) is 30.7 Å². The van der Waals surface area contributed by atoms with Gasteiger partial charge in [0.05, 0.1) is 27.9 Å². The number of amides is 2. The molecule has 1 aliphatic rings. The summed E-state index contributed by atoms with van der Waals surface area (Å²) in [5.74, 6) is -0.870. The third kappa shape index (κ3) is 4.71. The SMILES string of the molecule is Cn1cc(-c2cnc(N)c(C(=O)N[C@@H]3CCN(C(=O)c4cc5c(C(F)(F)F)ccc(Cl)c5[nH]4)C3)c2)cn1. The molecule has 4 aromatic rings. The van der Waals surface area contributed by atoms with Crippen LogP contribution < -0.4 is 11.1 Å². The lowest BCUT2D eigenvalue weighted by Gasteiger charge is -2.17. The van der Waals surface area contributed by atoms with Crippen LogP contribution in [0.1, 0.15) is 32.8 Å². The first-order valence-electron chi connectivity index (χ1n) is 11.2. The first-order chi connectivity index (χ1) is 17.5. The number of rotatable bonds is 4. The summed E-state index contributed by atoms with van der Waals surface area (Å²) >= 11 is 6.07. The quantitative estimate of drug-likeness (QED) is 0.369. The van der Waals surface area contributed by atoms with Crippen LogP contribution in [-0.2, 0) is 13.2 Å². The fraction of sp³-hybridized carbons (Fsp3) is 0.250. The standard InChI is InChI=1S/C24H21ClF3N7O2/c1-34-10-13(9-31-34)12-6-16(21(29)30-8-12)22(36)32-14-4-5-35(11-14)23(37)19-7-15-17(24(26,27)28)2-3-18(25)20(15)33-19/h2-3,6-10,14,33H,4-5,11H2,1H3,(H2,29,30)(H,32,36)/t14-/m1/s1. The molecule has 5 rings (SSSR count). The zero-order valence-corrected chi connectivity index (χ0v) is 20.2. The van der Waals surface area contributed by atoms with Crippen LogP contribution in [0.3, 0.4) is 0 Å². The number of benzene rings is 1. The number of nitrogens with two attached hydrogens (primary N) is 1. The molecule has 4 N–H and O–H groups in total. The molecule has 1 aromatic carbocycles. The zero-order chi connectivity index (χ0) is 26.5. The molecule has 0 radical (unpaired) electrons. The molecule has 37 heavy (non-hydrogen) atoms. The molecule has 0 saturated carbocycles. The Hall–Kier alpha value is -4.06. The summed E-state index contributed by atoms with van der Waals surface area (Å²) in [5, 5.41) is 6.88. The summed E-state index contributed by atoms with van der Waals surface area (Å²) in [6, 6.07) is 4.44. The highest BCUT2D eigenvalue weighted by atomic mass is 35.5. The maximum absolute atomic E-state index is 13.4. The summed E-state index contributed by atoms with van der Waals surface area (Å²) in [6.45, 7) is 0.484. The van der Waals surface area contributed by atoms with E-state index < -0.39 is 23.6 Å². The van der Waals surface area contributed by atoms with Crippen LogP contribution in [-0.4, -0.2) is 55.6 Å². The minimum Gasteiger partial charge on any atom is -0.383 e. The molecular weight excluding hydrogens is 511 g/mol. The van der Waals surface area contributed by atoms with E-state index in [1.54, 1.807) is 36.4 Å². The van der Waals surface area contributed by atoms with Gasteiger partial charge >= 0.3 is 6.18 Å². The molecule has 192 valence electrons. The average molecular weight is 532 g/mol. The second-order valence-electron chi connectivity index (χ2n) is 8.83. The first-order valence-corrected chi connectivity index (χ1v) is 11.6. The second-order valence-corrected chi connectivity index (χ2v) is 9.24. The van der Waals surface area contributed by atoms with E-state index in [1.165, 1.54) is 4.90 Å². The molecule has 4 heterocycles. The van der Waals surface area contributed by atoms with Crippen molar-refractivity contribution < 1.29 is 22.8 Å².